The van der Waals surface area contributed by atoms with Crippen molar-refractivity contribution in [3.63, 3.8) is 0 Å². The molecule has 0 aromatic heterocycles. The Balaban J connectivity index is 0.00000441. The van der Waals surface area contributed by atoms with E-state index in [1.54, 1.807) is 7.11 Å². The van der Waals surface area contributed by atoms with E-state index in [1.807, 2.05) is 0 Å². The van der Waals surface area contributed by atoms with Crippen molar-refractivity contribution < 1.29 is 9.84 Å². The average molecular weight is 428 g/mol. The van der Waals surface area contributed by atoms with Crippen LogP contribution in [0.15, 0.2) is 4.99 Å². The zero-order chi connectivity index (χ0) is 15.6. The Morgan fingerprint density at radius 2 is 2.05 bits per heavy atom. The van der Waals surface area contributed by atoms with E-state index >= 15 is 0 Å². The van der Waals surface area contributed by atoms with Crippen LogP contribution in [0.3, 0.4) is 0 Å². The minimum absolute atomic E-state index is 0. The molecule has 0 bridgehead atoms. The standard InChI is InChI=1S/C15H32N4O2.HI/c1-4-16-14(18-12-15(13-20)6-7-15)17-8-10-19(2)9-5-11-21-3;/h20H,4-13H2,1-3H3,(H2,16,17,18);1H. The van der Waals surface area contributed by atoms with E-state index in [2.05, 4.69) is 34.5 Å². The number of likely N-dealkylation sites (N-methyl/N-ethyl adjacent to an activating group) is 1. The van der Waals surface area contributed by atoms with E-state index in [1.165, 1.54) is 0 Å². The normalized spacial score (nSPS) is 16.3. The summed E-state index contributed by atoms with van der Waals surface area (Å²) in [6.07, 6.45) is 3.24. The van der Waals surface area contributed by atoms with Crippen molar-refractivity contribution >= 4 is 29.9 Å². The Morgan fingerprint density at radius 3 is 2.59 bits per heavy atom. The lowest BCUT2D eigenvalue weighted by molar-refractivity contribution is 0.180. The van der Waals surface area contributed by atoms with Crippen LogP contribution in [0.5, 0.6) is 0 Å². The number of halogens is 1. The molecule has 0 saturated heterocycles. The van der Waals surface area contributed by atoms with Crippen molar-refractivity contribution in [1.82, 2.24) is 15.5 Å². The van der Waals surface area contributed by atoms with Crippen LogP contribution in [0.2, 0.25) is 0 Å². The first-order valence-corrected chi connectivity index (χ1v) is 7.96. The van der Waals surface area contributed by atoms with Gasteiger partial charge in [-0.1, -0.05) is 0 Å². The van der Waals surface area contributed by atoms with Crippen LogP contribution in [0.1, 0.15) is 26.2 Å². The first-order valence-electron chi connectivity index (χ1n) is 7.96. The molecule has 0 heterocycles. The Labute approximate surface area is 152 Å². The molecule has 22 heavy (non-hydrogen) atoms. The van der Waals surface area contributed by atoms with Crippen molar-refractivity contribution in [3.05, 3.63) is 0 Å². The number of rotatable bonds is 11. The number of hydrogen-bond donors (Lipinski definition) is 3. The highest BCUT2D eigenvalue weighted by Gasteiger charge is 2.41. The minimum atomic E-state index is 0. The molecule has 1 fully saturated rings. The number of ether oxygens (including phenoxy) is 1. The molecule has 7 heteroatoms. The van der Waals surface area contributed by atoms with Crippen molar-refractivity contribution in [1.29, 1.82) is 0 Å². The van der Waals surface area contributed by atoms with E-state index in [0.717, 1.165) is 58.0 Å². The summed E-state index contributed by atoms with van der Waals surface area (Å²) < 4.78 is 5.06. The van der Waals surface area contributed by atoms with Crippen molar-refractivity contribution in [3.8, 4) is 0 Å². The van der Waals surface area contributed by atoms with E-state index in [9.17, 15) is 5.11 Å². The fourth-order valence-corrected chi connectivity index (χ4v) is 2.09. The second-order valence-corrected chi connectivity index (χ2v) is 5.93. The van der Waals surface area contributed by atoms with Gasteiger partial charge in [-0.2, -0.15) is 0 Å². The summed E-state index contributed by atoms with van der Waals surface area (Å²) in [5, 5.41) is 15.9. The lowest BCUT2D eigenvalue weighted by atomic mass is 10.1. The zero-order valence-electron chi connectivity index (χ0n) is 14.2. The largest absolute Gasteiger partial charge is 0.396 e. The molecule has 1 saturated carbocycles. The van der Waals surface area contributed by atoms with Crippen LogP contribution in [0, 0.1) is 5.41 Å². The van der Waals surface area contributed by atoms with Crippen LogP contribution in [0.25, 0.3) is 0 Å². The number of aliphatic imine (C=N–C) groups is 1. The molecule has 0 aliphatic heterocycles. The molecule has 0 atom stereocenters. The van der Waals surface area contributed by atoms with Gasteiger partial charge in [-0.05, 0) is 33.2 Å². The molecule has 0 unspecified atom stereocenters. The molecule has 0 radical (unpaired) electrons. The van der Waals surface area contributed by atoms with E-state index < -0.39 is 0 Å². The Bertz CT molecular complexity index is 312. The molecular weight excluding hydrogens is 395 g/mol. The topological polar surface area (TPSA) is 69.1 Å². The number of nitrogens with one attached hydrogen (secondary N) is 2. The van der Waals surface area contributed by atoms with E-state index in [-0.39, 0.29) is 36.0 Å². The Morgan fingerprint density at radius 1 is 1.32 bits per heavy atom. The SMILES string of the molecule is CCNC(=NCC1(CO)CC1)NCCN(C)CCCOC.I. The first-order chi connectivity index (χ1) is 10.2. The molecule has 0 aromatic carbocycles. The van der Waals surface area contributed by atoms with Crippen molar-refractivity contribution in [2.75, 3.05) is 60.1 Å². The third kappa shape index (κ3) is 9.12. The highest BCUT2D eigenvalue weighted by atomic mass is 127. The van der Waals surface area contributed by atoms with E-state index in [4.69, 9.17) is 4.74 Å². The molecule has 1 aliphatic rings. The van der Waals surface area contributed by atoms with Crippen LogP contribution < -0.4 is 10.6 Å². The minimum Gasteiger partial charge on any atom is -0.396 e. The summed E-state index contributed by atoms with van der Waals surface area (Å²) in [6.45, 7) is 7.55. The summed E-state index contributed by atoms with van der Waals surface area (Å²) in [4.78, 5) is 6.87. The smallest absolute Gasteiger partial charge is 0.191 e. The fraction of sp³-hybridized carbons (Fsp3) is 0.933. The van der Waals surface area contributed by atoms with Crippen molar-refractivity contribution in [2.45, 2.75) is 26.2 Å². The molecule has 0 aromatic rings. The molecule has 132 valence electrons. The molecule has 0 amide bonds. The summed E-state index contributed by atoms with van der Waals surface area (Å²) >= 11 is 0. The van der Waals surface area contributed by atoms with Gasteiger partial charge in [-0.15, -0.1) is 24.0 Å². The summed E-state index contributed by atoms with van der Waals surface area (Å²) in [5.74, 6) is 0.850. The molecule has 6 nitrogen and oxygen atoms in total. The number of methoxy groups -OCH3 is 1. The number of aliphatic hydroxyl groups excluding tert-OH is 1. The van der Waals surface area contributed by atoms with Gasteiger partial charge in [0.05, 0.1) is 13.2 Å². The number of aliphatic hydroxyl groups is 1. The van der Waals surface area contributed by atoms with Gasteiger partial charge in [0.15, 0.2) is 5.96 Å². The lowest BCUT2D eigenvalue weighted by Gasteiger charge is -2.18. The maximum atomic E-state index is 9.32. The van der Waals surface area contributed by atoms with Crippen LogP contribution in [-0.2, 0) is 4.74 Å². The highest BCUT2D eigenvalue weighted by molar-refractivity contribution is 14.0. The van der Waals surface area contributed by atoms with Crippen LogP contribution in [-0.4, -0.2) is 76.1 Å². The van der Waals surface area contributed by atoms with Crippen molar-refractivity contribution in [2.24, 2.45) is 10.4 Å². The quantitative estimate of drug-likeness (QED) is 0.198. The third-order valence-corrected chi connectivity index (χ3v) is 3.88. The molecule has 1 aliphatic carbocycles. The maximum absolute atomic E-state index is 9.32. The summed E-state index contributed by atoms with van der Waals surface area (Å²) in [7, 11) is 3.85. The lowest BCUT2D eigenvalue weighted by Crippen LogP contribution is -2.41. The van der Waals surface area contributed by atoms with Gasteiger partial charge >= 0.3 is 0 Å². The second kappa shape index (κ2) is 12.3. The molecular formula is C15H33IN4O2. The van der Waals surface area contributed by atoms with Gasteiger partial charge in [0.25, 0.3) is 0 Å². The van der Waals surface area contributed by atoms with Gasteiger partial charge in [-0.3, -0.25) is 4.99 Å². The molecule has 0 spiro atoms. The summed E-state index contributed by atoms with van der Waals surface area (Å²) in [6, 6.07) is 0. The maximum Gasteiger partial charge on any atom is 0.191 e. The predicted molar refractivity (Wildman–Crippen MR) is 102 cm³/mol. The predicted octanol–water partition coefficient (Wildman–Crippen LogP) is 0.900. The first kappa shape index (κ1) is 21.9. The van der Waals surface area contributed by atoms with E-state index in [0.29, 0.717) is 6.54 Å². The molecule has 1 rings (SSSR count). The zero-order valence-corrected chi connectivity index (χ0v) is 16.6. The summed E-state index contributed by atoms with van der Waals surface area (Å²) in [5.41, 5.74) is 0.0687. The monoisotopic (exact) mass is 428 g/mol. The van der Waals surface area contributed by atoms with Crippen LogP contribution in [0.4, 0.5) is 0 Å². The molecule has 3 N–H and O–H groups in total. The Hall–Kier alpha value is -0.120. The third-order valence-electron chi connectivity index (χ3n) is 3.88. The number of guanidine groups is 1. The fourth-order valence-electron chi connectivity index (χ4n) is 2.09. The van der Waals surface area contributed by atoms with Gasteiger partial charge in [0, 0.05) is 45.3 Å². The number of nitrogens with zero attached hydrogens (tertiary/aromatic N) is 2. The van der Waals surface area contributed by atoms with Gasteiger partial charge in [0.2, 0.25) is 0 Å². The number of hydrogen-bond acceptors (Lipinski definition) is 4. The highest BCUT2D eigenvalue weighted by Crippen LogP contribution is 2.45. The van der Waals surface area contributed by atoms with Gasteiger partial charge in [-0.25, -0.2) is 0 Å². The second-order valence-electron chi connectivity index (χ2n) is 5.93. The Kier molecular flexibility index (Phi) is 12.3. The van der Waals surface area contributed by atoms with Crippen LogP contribution >= 0.6 is 24.0 Å². The van der Waals surface area contributed by atoms with Gasteiger partial charge < -0.3 is 25.4 Å². The average Bonchev–Trinajstić information content (AvgIpc) is 3.26. The van der Waals surface area contributed by atoms with Gasteiger partial charge in [0.1, 0.15) is 0 Å².